The summed E-state index contributed by atoms with van der Waals surface area (Å²) in [6.07, 6.45) is 4.94. The van der Waals surface area contributed by atoms with Crippen molar-refractivity contribution in [3.8, 4) is 11.1 Å². The van der Waals surface area contributed by atoms with Crippen LogP contribution in [-0.2, 0) is 10.0 Å². The number of sulfonamides is 1. The zero-order valence-corrected chi connectivity index (χ0v) is 17.2. The van der Waals surface area contributed by atoms with Crippen LogP contribution in [0, 0.1) is 11.6 Å². The van der Waals surface area contributed by atoms with Crippen LogP contribution in [0.25, 0.3) is 11.1 Å². The zero-order valence-electron chi connectivity index (χ0n) is 16.4. The first-order valence-electron chi connectivity index (χ1n) is 8.84. The van der Waals surface area contributed by atoms with Crippen LogP contribution in [0.15, 0.2) is 82.4 Å². The van der Waals surface area contributed by atoms with E-state index in [0.29, 0.717) is 11.3 Å². The lowest BCUT2D eigenvalue weighted by molar-refractivity contribution is 0.334. The van der Waals surface area contributed by atoms with Gasteiger partial charge < -0.3 is 5.11 Å². The number of nitrogens with one attached hydrogen (secondary N) is 1. The number of halogens is 2. The van der Waals surface area contributed by atoms with Crippen molar-refractivity contribution >= 4 is 10.0 Å². The Bertz CT molecular complexity index is 1070. The van der Waals surface area contributed by atoms with E-state index < -0.39 is 21.7 Å². The van der Waals surface area contributed by atoms with E-state index in [-0.39, 0.29) is 17.1 Å². The first-order chi connectivity index (χ1) is 13.6. The molecule has 0 amide bonds. The standard InChI is InChI=1S/C22H23F2NO3S/c1-15(2)18(14-26)6-4-5-16(3)25-29(27,28)20-10-7-17(8-11-20)21-12-9-19(23)13-22(21)24/h4-13,25-26H,14H2,1-3H3/b6-4-,16-5+. The minimum absolute atomic E-state index is 0.0147. The van der Waals surface area contributed by atoms with Crippen LogP contribution in [0.1, 0.15) is 20.8 Å². The molecule has 0 aliphatic heterocycles. The van der Waals surface area contributed by atoms with Crippen molar-refractivity contribution in [1.29, 1.82) is 0 Å². The van der Waals surface area contributed by atoms with Crippen LogP contribution in [0.2, 0.25) is 0 Å². The molecule has 29 heavy (non-hydrogen) atoms. The molecule has 7 heteroatoms. The highest BCUT2D eigenvalue weighted by Crippen LogP contribution is 2.25. The second-order valence-electron chi connectivity index (χ2n) is 6.65. The molecule has 0 unspecified atom stereocenters. The summed E-state index contributed by atoms with van der Waals surface area (Å²) in [5.74, 6) is -1.40. The molecule has 0 atom stereocenters. The number of hydrogen-bond donors (Lipinski definition) is 2. The average molecular weight is 419 g/mol. The van der Waals surface area contributed by atoms with Crippen LogP contribution in [-0.4, -0.2) is 20.1 Å². The Morgan fingerprint density at radius 3 is 2.28 bits per heavy atom. The molecule has 0 fully saturated rings. The topological polar surface area (TPSA) is 66.4 Å². The second-order valence-corrected chi connectivity index (χ2v) is 8.33. The maximum Gasteiger partial charge on any atom is 0.261 e. The summed E-state index contributed by atoms with van der Waals surface area (Å²) in [5, 5.41) is 9.25. The fourth-order valence-corrected chi connectivity index (χ4v) is 3.63. The van der Waals surface area contributed by atoms with E-state index in [4.69, 9.17) is 0 Å². The highest BCUT2D eigenvalue weighted by molar-refractivity contribution is 7.89. The molecule has 2 aromatic carbocycles. The van der Waals surface area contributed by atoms with E-state index in [9.17, 15) is 22.3 Å². The molecular formula is C22H23F2NO3S. The van der Waals surface area contributed by atoms with Gasteiger partial charge in [0.1, 0.15) is 11.6 Å². The predicted molar refractivity (Wildman–Crippen MR) is 110 cm³/mol. The van der Waals surface area contributed by atoms with E-state index in [1.807, 2.05) is 13.8 Å². The number of allylic oxidation sites excluding steroid dienone is 4. The Kier molecular flexibility index (Phi) is 7.47. The van der Waals surface area contributed by atoms with E-state index >= 15 is 0 Å². The van der Waals surface area contributed by atoms with Crippen LogP contribution in [0.4, 0.5) is 8.78 Å². The van der Waals surface area contributed by atoms with Gasteiger partial charge in [-0.25, -0.2) is 17.2 Å². The maximum atomic E-state index is 13.9. The van der Waals surface area contributed by atoms with Crippen molar-refractivity contribution in [1.82, 2.24) is 4.72 Å². The first kappa shape index (κ1) is 22.5. The van der Waals surface area contributed by atoms with E-state index in [0.717, 1.165) is 23.3 Å². The molecule has 0 heterocycles. The summed E-state index contributed by atoms with van der Waals surface area (Å²) in [6, 6.07) is 8.87. The third kappa shape index (κ3) is 6.10. The SMILES string of the molecule is CC(C)=C(/C=C\C=C(/C)NS(=O)(=O)c1ccc(-c2ccc(F)cc2F)cc1)CO. The summed E-state index contributed by atoms with van der Waals surface area (Å²) < 4.78 is 54.4. The Morgan fingerprint density at radius 1 is 1.07 bits per heavy atom. The first-order valence-corrected chi connectivity index (χ1v) is 10.3. The van der Waals surface area contributed by atoms with Gasteiger partial charge in [0.25, 0.3) is 10.0 Å². The smallest absolute Gasteiger partial charge is 0.261 e. The summed E-state index contributed by atoms with van der Waals surface area (Å²) in [7, 11) is -3.82. The molecule has 0 aliphatic carbocycles. The molecule has 2 rings (SSSR count). The number of hydrogen-bond acceptors (Lipinski definition) is 3. The minimum Gasteiger partial charge on any atom is -0.392 e. The molecule has 0 aromatic heterocycles. The van der Waals surface area contributed by atoms with E-state index in [2.05, 4.69) is 4.72 Å². The van der Waals surface area contributed by atoms with Crippen LogP contribution < -0.4 is 4.72 Å². The van der Waals surface area contributed by atoms with Gasteiger partial charge >= 0.3 is 0 Å². The van der Waals surface area contributed by atoms with Gasteiger partial charge in [0, 0.05) is 17.3 Å². The van der Waals surface area contributed by atoms with Crippen molar-refractivity contribution in [3.63, 3.8) is 0 Å². The van der Waals surface area contributed by atoms with Gasteiger partial charge in [-0.1, -0.05) is 29.9 Å². The lowest BCUT2D eigenvalue weighted by Gasteiger charge is -2.09. The molecule has 154 valence electrons. The fraction of sp³-hybridized carbons (Fsp3) is 0.182. The van der Waals surface area contributed by atoms with Gasteiger partial charge in [-0.2, -0.15) is 0 Å². The summed E-state index contributed by atoms with van der Waals surface area (Å²) in [4.78, 5) is 0.0147. The Hall–Kier alpha value is -2.77. The average Bonchev–Trinajstić information content (AvgIpc) is 2.64. The van der Waals surface area contributed by atoms with E-state index in [1.54, 1.807) is 25.2 Å². The van der Waals surface area contributed by atoms with Gasteiger partial charge in [0.2, 0.25) is 0 Å². The largest absolute Gasteiger partial charge is 0.392 e. The van der Waals surface area contributed by atoms with Gasteiger partial charge in [-0.15, -0.1) is 0 Å². The zero-order chi connectivity index (χ0) is 21.6. The molecule has 0 spiro atoms. The maximum absolute atomic E-state index is 13.9. The van der Waals surface area contributed by atoms with Crippen molar-refractivity contribution in [2.24, 2.45) is 0 Å². The molecule has 2 aromatic rings. The second kappa shape index (κ2) is 9.62. The predicted octanol–water partition coefficient (Wildman–Crippen LogP) is 4.70. The Labute approximate surface area is 170 Å². The monoisotopic (exact) mass is 419 g/mol. The molecule has 0 saturated heterocycles. The molecular weight excluding hydrogens is 396 g/mol. The summed E-state index contributed by atoms with van der Waals surface area (Å²) in [5.41, 5.74) is 2.73. The van der Waals surface area contributed by atoms with Crippen molar-refractivity contribution in [2.45, 2.75) is 25.7 Å². The van der Waals surface area contributed by atoms with Crippen molar-refractivity contribution in [3.05, 3.63) is 89.2 Å². The van der Waals surface area contributed by atoms with Gasteiger partial charge in [0.05, 0.1) is 11.5 Å². The number of rotatable bonds is 7. The normalized spacial score (nSPS) is 12.3. The summed E-state index contributed by atoms with van der Waals surface area (Å²) in [6.45, 7) is 5.25. The molecule has 0 saturated carbocycles. The molecule has 4 nitrogen and oxygen atoms in total. The van der Waals surface area contributed by atoms with Crippen LogP contribution >= 0.6 is 0 Å². The summed E-state index contributed by atoms with van der Waals surface area (Å²) >= 11 is 0. The third-order valence-corrected chi connectivity index (χ3v) is 5.64. The number of aliphatic hydroxyl groups is 1. The minimum atomic E-state index is -3.82. The van der Waals surface area contributed by atoms with E-state index in [1.165, 1.54) is 30.3 Å². The number of aliphatic hydroxyl groups excluding tert-OH is 1. The highest BCUT2D eigenvalue weighted by Gasteiger charge is 2.14. The lowest BCUT2D eigenvalue weighted by atomic mass is 10.1. The molecule has 0 bridgehead atoms. The van der Waals surface area contributed by atoms with Gasteiger partial charge in [-0.3, -0.25) is 4.72 Å². The van der Waals surface area contributed by atoms with Crippen LogP contribution in [0.3, 0.4) is 0 Å². The Balaban J connectivity index is 2.18. The number of benzene rings is 2. The Morgan fingerprint density at radius 2 is 1.72 bits per heavy atom. The molecule has 0 aliphatic rings. The quantitative estimate of drug-likeness (QED) is 0.640. The fourth-order valence-electron chi connectivity index (χ4n) is 2.53. The lowest BCUT2D eigenvalue weighted by Crippen LogP contribution is -2.21. The van der Waals surface area contributed by atoms with Crippen molar-refractivity contribution < 1.29 is 22.3 Å². The molecule has 0 radical (unpaired) electrons. The molecule has 2 N–H and O–H groups in total. The van der Waals surface area contributed by atoms with Crippen LogP contribution in [0.5, 0.6) is 0 Å². The van der Waals surface area contributed by atoms with Crippen molar-refractivity contribution in [2.75, 3.05) is 6.61 Å². The van der Waals surface area contributed by atoms with Gasteiger partial charge in [-0.05, 0) is 62.2 Å². The third-order valence-electron chi connectivity index (χ3n) is 4.16. The highest BCUT2D eigenvalue weighted by atomic mass is 32.2. The van der Waals surface area contributed by atoms with Gasteiger partial charge in [0.15, 0.2) is 0 Å².